The van der Waals surface area contributed by atoms with Gasteiger partial charge in [0.25, 0.3) is 11.6 Å². The van der Waals surface area contributed by atoms with Crippen molar-refractivity contribution in [3.63, 3.8) is 0 Å². The number of amides is 1. The number of nitro groups is 1. The number of anilines is 1. The first-order valence-corrected chi connectivity index (χ1v) is 8.90. The van der Waals surface area contributed by atoms with Gasteiger partial charge in [-0.05, 0) is 55.4 Å². The van der Waals surface area contributed by atoms with Crippen LogP contribution in [0.15, 0.2) is 36.4 Å². The van der Waals surface area contributed by atoms with Gasteiger partial charge in [0.15, 0.2) is 5.11 Å². The zero-order chi connectivity index (χ0) is 20.0. The SMILES string of the molecule is CCCOc1cccc(C(=O)NC(=S)Nc2cc(Cl)c([N+](=O)[O-])cc2C)c1. The van der Waals surface area contributed by atoms with E-state index in [9.17, 15) is 14.9 Å². The first-order valence-electron chi connectivity index (χ1n) is 8.11. The summed E-state index contributed by atoms with van der Waals surface area (Å²) in [5, 5.41) is 16.3. The van der Waals surface area contributed by atoms with E-state index in [0.717, 1.165) is 6.42 Å². The minimum absolute atomic E-state index is 0.0250. The number of hydrogen-bond donors (Lipinski definition) is 2. The average molecular weight is 408 g/mol. The Hall–Kier alpha value is -2.71. The minimum atomic E-state index is -0.563. The largest absolute Gasteiger partial charge is 0.494 e. The molecule has 0 saturated heterocycles. The smallest absolute Gasteiger partial charge is 0.288 e. The summed E-state index contributed by atoms with van der Waals surface area (Å²) in [6, 6.07) is 9.49. The second-order valence-corrected chi connectivity index (χ2v) is 6.48. The van der Waals surface area contributed by atoms with Gasteiger partial charge in [-0.15, -0.1) is 0 Å². The van der Waals surface area contributed by atoms with Crippen LogP contribution < -0.4 is 15.4 Å². The molecule has 0 fully saturated rings. The zero-order valence-electron chi connectivity index (χ0n) is 14.7. The monoisotopic (exact) mass is 407 g/mol. The topological polar surface area (TPSA) is 93.5 Å². The highest BCUT2D eigenvalue weighted by Crippen LogP contribution is 2.30. The molecule has 0 aliphatic heterocycles. The normalized spacial score (nSPS) is 10.2. The summed E-state index contributed by atoms with van der Waals surface area (Å²) in [6.45, 7) is 4.23. The highest BCUT2D eigenvalue weighted by atomic mass is 35.5. The molecule has 9 heteroatoms. The van der Waals surface area contributed by atoms with Gasteiger partial charge in [-0.25, -0.2) is 0 Å². The van der Waals surface area contributed by atoms with Gasteiger partial charge in [-0.1, -0.05) is 24.6 Å². The molecule has 142 valence electrons. The number of halogens is 1. The number of carbonyl (C=O) groups excluding carboxylic acids is 1. The molecule has 0 aliphatic carbocycles. The van der Waals surface area contributed by atoms with Crippen molar-refractivity contribution in [2.75, 3.05) is 11.9 Å². The summed E-state index contributed by atoms with van der Waals surface area (Å²) in [5.41, 5.74) is 1.23. The first kappa shape index (κ1) is 20.6. The lowest BCUT2D eigenvalue weighted by atomic mass is 10.2. The Morgan fingerprint density at radius 2 is 2.07 bits per heavy atom. The number of rotatable bonds is 6. The summed E-state index contributed by atoms with van der Waals surface area (Å²) in [7, 11) is 0. The van der Waals surface area contributed by atoms with Crippen LogP contribution in [0.4, 0.5) is 11.4 Å². The molecule has 7 nitrogen and oxygen atoms in total. The van der Waals surface area contributed by atoms with E-state index >= 15 is 0 Å². The third-order valence-electron chi connectivity index (χ3n) is 3.53. The second kappa shape index (κ2) is 9.29. The quantitative estimate of drug-likeness (QED) is 0.416. The van der Waals surface area contributed by atoms with E-state index in [0.29, 0.717) is 29.2 Å². The van der Waals surface area contributed by atoms with E-state index in [4.69, 9.17) is 28.6 Å². The second-order valence-electron chi connectivity index (χ2n) is 5.66. The Balaban J connectivity index is 2.06. The maximum atomic E-state index is 12.4. The molecule has 0 bridgehead atoms. The van der Waals surface area contributed by atoms with Gasteiger partial charge in [-0.3, -0.25) is 20.2 Å². The van der Waals surface area contributed by atoms with Crippen LogP contribution in [0.25, 0.3) is 0 Å². The highest BCUT2D eigenvalue weighted by Gasteiger charge is 2.16. The lowest BCUT2D eigenvalue weighted by molar-refractivity contribution is -0.384. The molecule has 2 rings (SSSR count). The van der Waals surface area contributed by atoms with E-state index in [1.807, 2.05) is 6.92 Å². The molecule has 27 heavy (non-hydrogen) atoms. The molecular weight excluding hydrogens is 390 g/mol. The van der Waals surface area contributed by atoms with Gasteiger partial charge in [0.1, 0.15) is 10.8 Å². The predicted octanol–water partition coefficient (Wildman–Crippen LogP) is 4.47. The molecule has 2 aromatic rings. The van der Waals surface area contributed by atoms with Crippen molar-refractivity contribution in [2.45, 2.75) is 20.3 Å². The molecule has 0 aliphatic rings. The van der Waals surface area contributed by atoms with E-state index in [2.05, 4.69) is 10.6 Å². The maximum absolute atomic E-state index is 12.4. The van der Waals surface area contributed by atoms with Crippen LogP contribution in [-0.2, 0) is 0 Å². The van der Waals surface area contributed by atoms with Crippen LogP contribution >= 0.6 is 23.8 Å². The molecule has 0 radical (unpaired) electrons. The summed E-state index contributed by atoms with van der Waals surface area (Å²) >= 11 is 11.1. The maximum Gasteiger partial charge on any atom is 0.288 e. The van der Waals surface area contributed by atoms with Crippen LogP contribution in [0.5, 0.6) is 5.75 Å². The first-order chi connectivity index (χ1) is 12.8. The summed E-state index contributed by atoms with van der Waals surface area (Å²) in [6.07, 6.45) is 0.863. The number of carbonyl (C=O) groups is 1. The summed E-state index contributed by atoms with van der Waals surface area (Å²) in [4.78, 5) is 22.7. The van der Waals surface area contributed by atoms with Gasteiger partial charge in [0.05, 0.1) is 11.5 Å². The Kier molecular flexibility index (Phi) is 7.09. The summed E-state index contributed by atoms with van der Waals surface area (Å²) in [5.74, 6) is 0.196. The Bertz CT molecular complexity index is 889. The molecule has 0 heterocycles. The van der Waals surface area contributed by atoms with Gasteiger partial charge in [-0.2, -0.15) is 0 Å². The molecule has 0 spiro atoms. The van der Waals surface area contributed by atoms with Crippen molar-refractivity contribution in [1.29, 1.82) is 0 Å². The van der Waals surface area contributed by atoms with E-state index < -0.39 is 10.8 Å². The number of aryl methyl sites for hydroxylation is 1. The standard InChI is InChI=1S/C18H18ClN3O4S/c1-3-7-26-13-6-4-5-12(9-13)17(23)21-18(27)20-15-10-14(19)16(22(24)25)8-11(15)2/h4-6,8-10H,3,7H2,1-2H3,(H2,20,21,23,27). The molecular formula is C18H18ClN3O4S. The van der Waals surface area contributed by atoms with Gasteiger partial charge >= 0.3 is 0 Å². The van der Waals surface area contributed by atoms with Gasteiger partial charge in [0, 0.05) is 17.3 Å². The summed E-state index contributed by atoms with van der Waals surface area (Å²) < 4.78 is 5.51. The van der Waals surface area contributed by atoms with Crippen LogP contribution in [0, 0.1) is 17.0 Å². The van der Waals surface area contributed by atoms with Gasteiger partial charge in [0.2, 0.25) is 0 Å². The minimum Gasteiger partial charge on any atom is -0.494 e. The Morgan fingerprint density at radius 3 is 2.74 bits per heavy atom. The van der Waals surface area contributed by atoms with E-state index in [1.54, 1.807) is 31.2 Å². The number of ether oxygens (including phenoxy) is 1. The predicted molar refractivity (Wildman–Crippen MR) is 109 cm³/mol. The van der Waals surface area contributed by atoms with Crippen molar-refractivity contribution < 1.29 is 14.5 Å². The fourth-order valence-corrected chi connectivity index (χ4v) is 2.65. The Morgan fingerprint density at radius 1 is 1.33 bits per heavy atom. The lowest BCUT2D eigenvalue weighted by Crippen LogP contribution is -2.34. The molecule has 0 atom stereocenters. The van der Waals surface area contributed by atoms with Crippen molar-refractivity contribution in [2.24, 2.45) is 0 Å². The molecule has 0 unspecified atom stereocenters. The number of nitro benzene ring substituents is 1. The number of hydrogen-bond acceptors (Lipinski definition) is 5. The number of nitrogens with one attached hydrogen (secondary N) is 2. The number of nitrogens with zero attached hydrogens (tertiary/aromatic N) is 1. The fourth-order valence-electron chi connectivity index (χ4n) is 2.22. The molecule has 0 aromatic heterocycles. The molecule has 2 aromatic carbocycles. The van der Waals surface area contributed by atoms with E-state index in [-0.39, 0.29) is 15.8 Å². The third-order valence-corrected chi connectivity index (χ3v) is 4.04. The van der Waals surface area contributed by atoms with Crippen molar-refractivity contribution >= 4 is 46.2 Å². The van der Waals surface area contributed by atoms with Crippen LogP contribution in [0.1, 0.15) is 29.3 Å². The zero-order valence-corrected chi connectivity index (χ0v) is 16.3. The molecule has 2 N–H and O–H groups in total. The Labute approximate surface area is 166 Å². The fraction of sp³-hybridized carbons (Fsp3) is 0.222. The van der Waals surface area contributed by atoms with Crippen LogP contribution in [0.3, 0.4) is 0 Å². The van der Waals surface area contributed by atoms with Crippen LogP contribution in [0.2, 0.25) is 5.02 Å². The van der Waals surface area contributed by atoms with Crippen LogP contribution in [-0.4, -0.2) is 22.5 Å². The number of benzene rings is 2. The van der Waals surface area contributed by atoms with E-state index in [1.165, 1.54) is 12.1 Å². The third kappa shape index (κ3) is 5.63. The van der Waals surface area contributed by atoms with Crippen molar-refractivity contribution in [3.05, 3.63) is 62.7 Å². The molecule has 1 amide bonds. The lowest BCUT2D eigenvalue weighted by Gasteiger charge is -2.13. The average Bonchev–Trinajstić information content (AvgIpc) is 2.62. The van der Waals surface area contributed by atoms with Crippen molar-refractivity contribution in [3.8, 4) is 5.75 Å². The van der Waals surface area contributed by atoms with Crippen molar-refractivity contribution in [1.82, 2.24) is 5.32 Å². The highest BCUT2D eigenvalue weighted by molar-refractivity contribution is 7.80. The number of thiocarbonyl (C=S) groups is 1. The van der Waals surface area contributed by atoms with Gasteiger partial charge < -0.3 is 10.1 Å². The molecule has 0 saturated carbocycles.